The molecule has 0 unspecified atom stereocenters. The smallest absolute Gasteiger partial charge is 0 e. The Labute approximate surface area is 48.3 Å². The van der Waals surface area contributed by atoms with E-state index in [1.54, 1.807) is 0 Å². The molecule has 0 aromatic heterocycles. The van der Waals surface area contributed by atoms with Crippen LogP contribution in [0.2, 0.25) is 0 Å². The molecule has 4 nitrogen and oxygen atoms in total. The molecule has 0 saturated carbocycles. The number of hydrogen-bond donors (Lipinski definition) is 3. The first-order valence-electron chi connectivity index (χ1n) is 0.783. The van der Waals surface area contributed by atoms with Crippen LogP contribution in [0.1, 0.15) is 0 Å². The van der Waals surface area contributed by atoms with Gasteiger partial charge in [0, 0.05) is 17.4 Å². The minimum absolute atomic E-state index is 0. The van der Waals surface area contributed by atoms with Crippen molar-refractivity contribution < 1.29 is 16.0 Å². The van der Waals surface area contributed by atoms with Crippen molar-refractivity contribution in [2.24, 2.45) is 0 Å². The molecule has 0 atom stereocenters. The van der Waals surface area contributed by atoms with Crippen LogP contribution in [-0.4, -0.2) is 44.2 Å². The molecule has 0 rings (SSSR count). The molecule has 0 bridgehead atoms. The summed E-state index contributed by atoms with van der Waals surface area (Å²) in [6.07, 6.45) is 0. The molecule has 0 heterocycles. The minimum Gasteiger partial charge on any atom is 0 e. The molecule has 0 aliphatic rings. The summed E-state index contributed by atoms with van der Waals surface area (Å²) >= 11 is -5.12. The SMILES string of the molecule is O=[As](O)(O)O.[Al]. The van der Waals surface area contributed by atoms with Crippen LogP contribution in [0.5, 0.6) is 0 Å². The first kappa shape index (κ1) is 9.91. The van der Waals surface area contributed by atoms with E-state index in [1.165, 1.54) is 0 Å². The summed E-state index contributed by atoms with van der Waals surface area (Å²) in [4.78, 5) is 0. The molecule has 3 N–H and O–H groups in total. The Morgan fingerprint density at radius 3 is 1.17 bits per heavy atom. The van der Waals surface area contributed by atoms with Crippen LogP contribution < -0.4 is 0 Å². The first-order valence-corrected chi connectivity index (χ1v) is 4.07. The van der Waals surface area contributed by atoms with Gasteiger partial charge >= 0.3 is 30.5 Å². The first-order chi connectivity index (χ1) is 2.00. The maximum absolute atomic E-state index is 8.94. The van der Waals surface area contributed by atoms with Gasteiger partial charge < -0.3 is 0 Å². The van der Waals surface area contributed by atoms with E-state index < -0.39 is 14.5 Å². The van der Waals surface area contributed by atoms with Crippen LogP contribution in [0, 0.1) is 0 Å². The fourth-order valence-electron chi connectivity index (χ4n) is 0. The summed E-state index contributed by atoms with van der Waals surface area (Å²) in [5.74, 6) is 0. The van der Waals surface area contributed by atoms with Gasteiger partial charge in [-0.1, -0.05) is 0 Å². The Bertz CT molecular complexity index is 53.7. The van der Waals surface area contributed by atoms with E-state index in [4.69, 9.17) is 16.0 Å². The molecular formula is H3AlAsO4. The van der Waals surface area contributed by atoms with Gasteiger partial charge in [-0.25, -0.2) is 0 Å². The second-order valence-electron chi connectivity index (χ2n) is 0.513. The number of hydrogen-bond acceptors (Lipinski definition) is 1. The van der Waals surface area contributed by atoms with Gasteiger partial charge in [-0.2, -0.15) is 0 Å². The molecule has 0 saturated heterocycles. The van der Waals surface area contributed by atoms with Crippen molar-refractivity contribution in [3.05, 3.63) is 0 Å². The Morgan fingerprint density at radius 1 is 1.17 bits per heavy atom. The molecular weight excluding hydrogens is 166 g/mol. The summed E-state index contributed by atoms with van der Waals surface area (Å²) < 4.78 is 30.7. The monoisotopic (exact) mass is 169 g/mol. The second-order valence-corrected chi connectivity index (χ2v) is 2.67. The van der Waals surface area contributed by atoms with E-state index in [-0.39, 0.29) is 17.4 Å². The van der Waals surface area contributed by atoms with E-state index in [9.17, 15) is 0 Å². The van der Waals surface area contributed by atoms with E-state index in [0.717, 1.165) is 0 Å². The quantitative estimate of drug-likeness (QED) is 0.349. The van der Waals surface area contributed by atoms with Gasteiger partial charge in [0.05, 0.1) is 0 Å². The van der Waals surface area contributed by atoms with E-state index in [0.29, 0.717) is 0 Å². The third kappa shape index (κ3) is 114. The average Bonchev–Trinajstić information content (AvgIpc) is 0.722. The summed E-state index contributed by atoms with van der Waals surface area (Å²) in [5.41, 5.74) is 0. The maximum atomic E-state index is 8.94. The molecule has 0 aliphatic heterocycles. The predicted molar refractivity (Wildman–Crippen MR) is 18.9 cm³/mol. The van der Waals surface area contributed by atoms with Crippen LogP contribution >= 0.6 is 0 Å². The summed E-state index contributed by atoms with van der Waals surface area (Å²) in [5, 5.41) is 0. The molecule has 6 heavy (non-hydrogen) atoms. The molecule has 0 spiro atoms. The zero-order valence-corrected chi connectivity index (χ0v) is 5.81. The minimum atomic E-state index is -5.12. The molecule has 35 valence electrons. The van der Waals surface area contributed by atoms with Gasteiger partial charge in [0.25, 0.3) is 0 Å². The van der Waals surface area contributed by atoms with Crippen molar-refractivity contribution in [3.8, 4) is 0 Å². The van der Waals surface area contributed by atoms with Gasteiger partial charge in [-0.3, -0.25) is 0 Å². The van der Waals surface area contributed by atoms with Gasteiger partial charge in [-0.05, 0) is 0 Å². The van der Waals surface area contributed by atoms with Crippen molar-refractivity contribution >= 4 is 31.9 Å². The van der Waals surface area contributed by atoms with E-state index in [2.05, 4.69) is 0 Å². The van der Waals surface area contributed by atoms with Crippen LogP contribution in [0.25, 0.3) is 0 Å². The zero-order valence-electron chi connectivity index (χ0n) is 2.77. The van der Waals surface area contributed by atoms with Gasteiger partial charge in [-0.15, -0.1) is 0 Å². The van der Waals surface area contributed by atoms with Gasteiger partial charge in [0.15, 0.2) is 0 Å². The van der Waals surface area contributed by atoms with Crippen LogP contribution in [0.4, 0.5) is 0 Å². The second kappa shape index (κ2) is 2.87. The Morgan fingerprint density at radius 2 is 1.17 bits per heavy atom. The van der Waals surface area contributed by atoms with Crippen molar-refractivity contribution in [3.63, 3.8) is 0 Å². The van der Waals surface area contributed by atoms with E-state index >= 15 is 0 Å². The third-order valence-electron chi connectivity index (χ3n) is 0. The molecule has 3 radical (unpaired) electrons. The fourth-order valence-corrected chi connectivity index (χ4v) is 0. The average molecular weight is 169 g/mol. The standard InChI is InChI=1S/Al.AsH3O4/c;2-1(3,4)5/h;(H3,2,3,4,5). The Hall–Kier alpha value is 0.771. The molecule has 0 amide bonds. The molecule has 6 heteroatoms. The topological polar surface area (TPSA) is 77.8 Å². The molecule has 0 aromatic carbocycles. The van der Waals surface area contributed by atoms with Crippen molar-refractivity contribution in [1.82, 2.24) is 0 Å². The van der Waals surface area contributed by atoms with Crippen LogP contribution in [-0.2, 0) is 3.74 Å². The summed E-state index contributed by atoms with van der Waals surface area (Å²) in [7, 11) is 0. The maximum Gasteiger partial charge on any atom is 0 e. The van der Waals surface area contributed by atoms with Crippen molar-refractivity contribution in [2.45, 2.75) is 0 Å². The van der Waals surface area contributed by atoms with E-state index in [1.807, 2.05) is 0 Å². The van der Waals surface area contributed by atoms with Gasteiger partial charge in [0.1, 0.15) is 0 Å². The van der Waals surface area contributed by atoms with Crippen LogP contribution in [0.15, 0.2) is 0 Å². The van der Waals surface area contributed by atoms with Crippen molar-refractivity contribution in [2.75, 3.05) is 0 Å². The summed E-state index contributed by atoms with van der Waals surface area (Å²) in [6, 6.07) is 0. The molecule has 0 aromatic rings. The largest absolute Gasteiger partial charge is 0 e. The predicted octanol–water partition coefficient (Wildman–Crippen LogP) is -2.55. The Kier molecular flexibility index (Phi) is 4.73. The molecule has 0 aliphatic carbocycles. The third-order valence-corrected chi connectivity index (χ3v) is 0. The normalized spacial score (nSPS) is 9.83. The van der Waals surface area contributed by atoms with Crippen LogP contribution in [0.3, 0.4) is 0 Å². The zero-order chi connectivity index (χ0) is 4.50. The van der Waals surface area contributed by atoms with Crippen molar-refractivity contribution in [1.29, 1.82) is 0 Å². The summed E-state index contributed by atoms with van der Waals surface area (Å²) in [6.45, 7) is 0. The fraction of sp³-hybridized carbons (Fsp3) is 0. The molecule has 0 fully saturated rings. The Balaban J connectivity index is 0. The van der Waals surface area contributed by atoms with Gasteiger partial charge in [0.2, 0.25) is 0 Å². The number of rotatable bonds is 0.